The second-order valence-corrected chi connectivity index (χ2v) is 8.81. The van der Waals surface area contributed by atoms with E-state index in [1.165, 1.54) is 4.88 Å². The molecule has 0 unspecified atom stereocenters. The number of thiophene rings is 1. The summed E-state index contributed by atoms with van der Waals surface area (Å²) in [6, 6.07) is 18.3. The van der Waals surface area contributed by atoms with E-state index in [0.717, 1.165) is 28.1 Å². The molecule has 1 amide bonds. The lowest BCUT2D eigenvalue weighted by Crippen LogP contribution is -2.33. The number of nitrogens with zero attached hydrogens (tertiary/aromatic N) is 1. The van der Waals surface area contributed by atoms with Gasteiger partial charge in [0, 0.05) is 29.2 Å². The van der Waals surface area contributed by atoms with Crippen LogP contribution in [-0.2, 0) is 17.9 Å². The van der Waals surface area contributed by atoms with Gasteiger partial charge in [0.05, 0.1) is 13.7 Å². The zero-order valence-electron chi connectivity index (χ0n) is 18.1. The van der Waals surface area contributed by atoms with E-state index in [9.17, 15) is 4.79 Å². The summed E-state index contributed by atoms with van der Waals surface area (Å²) in [7, 11) is 1.68. The molecule has 0 atom stereocenters. The summed E-state index contributed by atoms with van der Waals surface area (Å²) in [6.45, 7) is 8.00. The van der Waals surface area contributed by atoms with Gasteiger partial charge in [0.25, 0.3) is 0 Å². The van der Waals surface area contributed by atoms with Crippen molar-refractivity contribution in [3.63, 3.8) is 0 Å². The van der Waals surface area contributed by atoms with Crippen LogP contribution in [0.1, 0.15) is 41.3 Å². The van der Waals surface area contributed by atoms with Crippen molar-refractivity contribution >= 4 is 22.9 Å². The molecule has 5 heteroatoms. The van der Waals surface area contributed by atoms with Crippen LogP contribution in [0.5, 0.6) is 5.75 Å². The first kappa shape index (κ1) is 22.1. The fourth-order valence-electron chi connectivity index (χ4n) is 3.59. The number of para-hydroxylation sites is 2. The van der Waals surface area contributed by atoms with E-state index in [1.807, 2.05) is 43.3 Å². The zero-order chi connectivity index (χ0) is 21.5. The maximum atomic E-state index is 13.0. The van der Waals surface area contributed by atoms with Crippen LogP contribution in [0.3, 0.4) is 0 Å². The minimum Gasteiger partial charge on any atom is -0.496 e. The monoisotopic (exact) mass is 422 g/mol. The van der Waals surface area contributed by atoms with Crippen molar-refractivity contribution in [1.82, 2.24) is 4.90 Å². The molecule has 2 aromatic carbocycles. The molecule has 30 heavy (non-hydrogen) atoms. The Morgan fingerprint density at radius 3 is 2.57 bits per heavy atom. The smallest absolute Gasteiger partial charge is 0.238 e. The molecule has 1 heterocycles. The molecule has 3 rings (SSSR count). The summed E-state index contributed by atoms with van der Waals surface area (Å²) < 4.78 is 5.52. The third kappa shape index (κ3) is 5.71. The molecule has 0 saturated carbocycles. The van der Waals surface area contributed by atoms with Crippen molar-refractivity contribution in [3.05, 3.63) is 81.5 Å². The molecule has 158 valence electrons. The predicted octanol–water partition coefficient (Wildman–Crippen LogP) is 5.83. The van der Waals surface area contributed by atoms with E-state index < -0.39 is 0 Å². The van der Waals surface area contributed by atoms with E-state index in [0.29, 0.717) is 25.6 Å². The minimum atomic E-state index is -0.00217. The number of hydrogen-bond donors (Lipinski definition) is 1. The van der Waals surface area contributed by atoms with Gasteiger partial charge in [-0.3, -0.25) is 9.69 Å². The van der Waals surface area contributed by atoms with Crippen LogP contribution in [0.2, 0.25) is 0 Å². The maximum absolute atomic E-state index is 13.0. The first-order valence-electron chi connectivity index (χ1n) is 10.2. The Morgan fingerprint density at radius 1 is 1.07 bits per heavy atom. The number of rotatable bonds is 9. The molecule has 0 spiro atoms. The Morgan fingerprint density at radius 2 is 1.87 bits per heavy atom. The first-order valence-corrected chi connectivity index (χ1v) is 11.1. The number of methoxy groups -OCH3 is 1. The van der Waals surface area contributed by atoms with E-state index in [4.69, 9.17) is 4.74 Å². The van der Waals surface area contributed by atoms with Crippen LogP contribution in [0.15, 0.2) is 60.0 Å². The van der Waals surface area contributed by atoms with Crippen molar-refractivity contribution in [2.24, 2.45) is 0 Å². The minimum absolute atomic E-state index is 0.00217. The Labute approximate surface area is 183 Å². The number of nitrogens with one attached hydrogen (secondary N) is 1. The molecule has 0 bridgehead atoms. The third-order valence-corrected chi connectivity index (χ3v) is 5.97. The van der Waals surface area contributed by atoms with Gasteiger partial charge in [-0.1, -0.05) is 56.3 Å². The van der Waals surface area contributed by atoms with Crippen molar-refractivity contribution < 1.29 is 9.53 Å². The summed E-state index contributed by atoms with van der Waals surface area (Å²) >= 11 is 1.71. The topological polar surface area (TPSA) is 41.6 Å². The number of hydrogen-bond acceptors (Lipinski definition) is 4. The normalized spacial score (nSPS) is 11.1. The van der Waals surface area contributed by atoms with Gasteiger partial charge in [-0.25, -0.2) is 0 Å². The van der Waals surface area contributed by atoms with Crippen LogP contribution >= 0.6 is 11.3 Å². The van der Waals surface area contributed by atoms with Gasteiger partial charge in [-0.05, 0) is 41.5 Å². The molecule has 0 radical (unpaired) electrons. The highest BCUT2D eigenvalue weighted by molar-refractivity contribution is 7.09. The maximum Gasteiger partial charge on any atom is 0.238 e. The molecule has 1 N–H and O–H groups in total. The number of aryl methyl sites for hydroxylation is 1. The van der Waals surface area contributed by atoms with Gasteiger partial charge >= 0.3 is 0 Å². The fourth-order valence-corrected chi connectivity index (χ4v) is 4.34. The second kappa shape index (κ2) is 10.4. The molecule has 0 aliphatic rings. The van der Waals surface area contributed by atoms with Gasteiger partial charge in [0.15, 0.2) is 0 Å². The standard InChI is InChI=1S/C25H30N2O2S/c1-18(2)22-12-7-9-19(3)25(22)26-24(28)17-27(16-21-11-8-14-30-21)15-20-10-5-6-13-23(20)29-4/h5-14,18H,15-17H2,1-4H3,(H,26,28). The van der Waals surface area contributed by atoms with Gasteiger partial charge in [0.1, 0.15) is 5.75 Å². The lowest BCUT2D eigenvalue weighted by Gasteiger charge is -2.23. The van der Waals surface area contributed by atoms with Gasteiger partial charge in [0.2, 0.25) is 5.91 Å². The molecular weight excluding hydrogens is 392 g/mol. The number of anilines is 1. The number of carbonyl (C=O) groups excluding carboxylic acids is 1. The quantitative estimate of drug-likeness (QED) is 0.472. The molecule has 0 saturated heterocycles. The van der Waals surface area contributed by atoms with Crippen molar-refractivity contribution in [2.45, 2.75) is 39.8 Å². The van der Waals surface area contributed by atoms with Gasteiger partial charge in [-0.2, -0.15) is 0 Å². The van der Waals surface area contributed by atoms with Crippen LogP contribution < -0.4 is 10.1 Å². The number of amides is 1. The molecule has 4 nitrogen and oxygen atoms in total. The fraction of sp³-hybridized carbons (Fsp3) is 0.320. The van der Waals surface area contributed by atoms with E-state index in [1.54, 1.807) is 18.4 Å². The summed E-state index contributed by atoms with van der Waals surface area (Å²) in [5, 5.41) is 5.24. The van der Waals surface area contributed by atoms with Crippen molar-refractivity contribution in [2.75, 3.05) is 19.0 Å². The largest absolute Gasteiger partial charge is 0.496 e. The summed E-state index contributed by atoms with van der Waals surface area (Å²) in [6.07, 6.45) is 0. The molecule has 0 aliphatic heterocycles. The lowest BCUT2D eigenvalue weighted by atomic mass is 9.98. The average molecular weight is 423 g/mol. The van der Waals surface area contributed by atoms with E-state index >= 15 is 0 Å². The third-order valence-electron chi connectivity index (χ3n) is 5.10. The number of benzene rings is 2. The van der Waals surface area contributed by atoms with Crippen LogP contribution in [-0.4, -0.2) is 24.5 Å². The predicted molar refractivity (Wildman–Crippen MR) is 125 cm³/mol. The molecular formula is C25H30N2O2S. The molecule has 3 aromatic rings. The second-order valence-electron chi connectivity index (χ2n) is 7.78. The van der Waals surface area contributed by atoms with Crippen molar-refractivity contribution in [3.8, 4) is 5.75 Å². The zero-order valence-corrected chi connectivity index (χ0v) is 19.0. The highest BCUT2D eigenvalue weighted by Crippen LogP contribution is 2.27. The highest BCUT2D eigenvalue weighted by atomic mass is 32.1. The Kier molecular flexibility index (Phi) is 7.66. The average Bonchev–Trinajstić information content (AvgIpc) is 3.22. The van der Waals surface area contributed by atoms with Crippen LogP contribution in [0.25, 0.3) is 0 Å². The highest BCUT2D eigenvalue weighted by Gasteiger charge is 2.17. The Bertz CT molecular complexity index is 967. The van der Waals surface area contributed by atoms with Crippen LogP contribution in [0.4, 0.5) is 5.69 Å². The molecule has 0 fully saturated rings. The Balaban J connectivity index is 1.78. The lowest BCUT2D eigenvalue weighted by molar-refractivity contribution is -0.117. The van der Waals surface area contributed by atoms with Crippen LogP contribution in [0, 0.1) is 6.92 Å². The van der Waals surface area contributed by atoms with E-state index in [2.05, 4.69) is 47.6 Å². The molecule has 0 aliphatic carbocycles. The number of ether oxygens (including phenoxy) is 1. The molecule has 1 aromatic heterocycles. The first-order chi connectivity index (χ1) is 14.5. The van der Waals surface area contributed by atoms with Gasteiger partial charge < -0.3 is 10.1 Å². The summed E-state index contributed by atoms with van der Waals surface area (Å²) in [5.41, 5.74) is 4.26. The SMILES string of the molecule is COc1ccccc1CN(CC(=O)Nc1c(C)cccc1C(C)C)Cc1cccs1. The summed E-state index contributed by atoms with van der Waals surface area (Å²) in [5.74, 6) is 1.18. The number of carbonyl (C=O) groups is 1. The summed E-state index contributed by atoms with van der Waals surface area (Å²) in [4.78, 5) is 16.4. The van der Waals surface area contributed by atoms with E-state index in [-0.39, 0.29) is 5.91 Å². The van der Waals surface area contributed by atoms with Crippen molar-refractivity contribution in [1.29, 1.82) is 0 Å². The Hall–Kier alpha value is -2.63. The van der Waals surface area contributed by atoms with Gasteiger partial charge in [-0.15, -0.1) is 11.3 Å².